The van der Waals surface area contributed by atoms with Crippen molar-refractivity contribution < 1.29 is 14.3 Å². The van der Waals surface area contributed by atoms with Crippen LogP contribution in [0, 0.1) is 5.92 Å². The molecule has 0 bridgehead atoms. The molecular formula is C30H40N6O3. The zero-order valence-electron chi connectivity index (χ0n) is 23.6. The van der Waals surface area contributed by atoms with Crippen molar-refractivity contribution >= 4 is 28.6 Å². The first-order valence-corrected chi connectivity index (χ1v) is 14.1. The number of hydrogen-bond donors (Lipinski definition) is 1. The van der Waals surface area contributed by atoms with Gasteiger partial charge in [-0.1, -0.05) is 18.6 Å². The highest BCUT2D eigenvalue weighted by molar-refractivity contribution is 5.95. The molecule has 2 aliphatic heterocycles. The number of carbonyl (C=O) groups excluding carboxylic acids is 2. The van der Waals surface area contributed by atoms with Crippen LogP contribution in [-0.4, -0.2) is 68.3 Å². The zero-order valence-corrected chi connectivity index (χ0v) is 23.6. The highest BCUT2D eigenvalue weighted by atomic mass is 16.6. The second kappa shape index (κ2) is 11.3. The van der Waals surface area contributed by atoms with Crippen molar-refractivity contribution in [2.45, 2.75) is 65.0 Å². The third-order valence-electron chi connectivity index (χ3n) is 7.69. The van der Waals surface area contributed by atoms with Crippen LogP contribution in [0.25, 0.3) is 21.9 Å². The summed E-state index contributed by atoms with van der Waals surface area (Å²) in [5, 5.41) is 9.61. The van der Waals surface area contributed by atoms with E-state index in [0.29, 0.717) is 31.7 Å². The predicted molar refractivity (Wildman–Crippen MR) is 152 cm³/mol. The van der Waals surface area contributed by atoms with Crippen LogP contribution in [0.2, 0.25) is 0 Å². The number of ether oxygens (including phenoxy) is 1. The van der Waals surface area contributed by atoms with Crippen molar-refractivity contribution in [1.29, 1.82) is 0 Å². The number of likely N-dealkylation sites (tertiary alicyclic amines) is 2. The minimum Gasteiger partial charge on any atom is -0.444 e. The zero-order chi connectivity index (χ0) is 27.6. The molecule has 2 fully saturated rings. The molecule has 39 heavy (non-hydrogen) atoms. The van der Waals surface area contributed by atoms with E-state index >= 15 is 0 Å². The first kappa shape index (κ1) is 27.1. The van der Waals surface area contributed by atoms with Gasteiger partial charge in [-0.15, -0.1) is 0 Å². The number of hydrogen-bond acceptors (Lipinski definition) is 6. The number of aryl methyl sites for hydroxylation is 1. The normalized spacial score (nSPS) is 17.4. The highest BCUT2D eigenvalue weighted by Crippen LogP contribution is 2.29. The van der Waals surface area contributed by atoms with E-state index in [0.717, 1.165) is 41.5 Å². The molecule has 9 heteroatoms. The number of nitrogens with zero attached hydrogens (tertiary/aromatic N) is 5. The summed E-state index contributed by atoms with van der Waals surface area (Å²) in [5.74, 6) is 0.317. The fraction of sp³-hybridized carbons (Fsp3) is 0.533. The van der Waals surface area contributed by atoms with Crippen LogP contribution in [0.3, 0.4) is 0 Å². The molecule has 0 aliphatic carbocycles. The number of fused-ring (bicyclic) bond motifs is 1. The summed E-state index contributed by atoms with van der Waals surface area (Å²) in [7, 11) is 2.01. The number of piperidine rings is 2. The molecule has 2 aliphatic rings. The molecule has 9 nitrogen and oxygen atoms in total. The van der Waals surface area contributed by atoms with Crippen LogP contribution in [-0.2, 0) is 23.1 Å². The van der Waals surface area contributed by atoms with E-state index < -0.39 is 5.60 Å². The van der Waals surface area contributed by atoms with E-state index in [9.17, 15) is 9.59 Å². The van der Waals surface area contributed by atoms with Crippen molar-refractivity contribution in [2.24, 2.45) is 13.0 Å². The third-order valence-corrected chi connectivity index (χ3v) is 7.69. The van der Waals surface area contributed by atoms with E-state index in [1.807, 2.05) is 44.8 Å². The van der Waals surface area contributed by atoms with Crippen molar-refractivity contribution in [1.82, 2.24) is 24.6 Å². The summed E-state index contributed by atoms with van der Waals surface area (Å²) in [6.07, 6.45) is 8.47. The molecule has 3 aromatic rings. The standard InChI is InChI=1S/C30H40N6O3/c1-30(2,3)39-29(38)36-14-10-21(11-15-36)28(37)33-27-17-24-16-22(8-9-23(24)18-31-27)25-19-32-34(4)26(25)20-35-12-6-5-7-13-35/h8-9,16-19,21H,5-7,10-15,20H2,1-4H3,(H,31,33,37). The maximum atomic E-state index is 13.0. The molecule has 2 amide bonds. The molecule has 0 saturated carbocycles. The van der Waals surface area contributed by atoms with Gasteiger partial charge >= 0.3 is 6.09 Å². The Labute approximate surface area is 230 Å². The molecule has 1 N–H and O–H groups in total. The Hall–Kier alpha value is -3.46. The smallest absolute Gasteiger partial charge is 0.410 e. The average Bonchev–Trinajstić information content (AvgIpc) is 3.27. The first-order chi connectivity index (χ1) is 18.7. The molecule has 5 rings (SSSR count). The summed E-state index contributed by atoms with van der Waals surface area (Å²) in [5.41, 5.74) is 2.94. The third kappa shape index (κ3) is 6.58. The largest absolute Gasteiger partial charge is 0.444 e. The number of pyridine rings is 1. The average molecular weight is 533 g/mol. The molecular weight excluding hydrogens is 492 g/mol. The number of aromatic nitrogens is 3. The Bertz CT molecular complexity index is 1330. The first-order valence-electron chi connectivity index (χ1n) is 14.1. The predicted octanol–water partition coefficient (Wildman–Crippen LogP) is 5.21. The van der Waals surface area contributed by atoms with Gasteiger partial charge in [-0.2, -0.15) is 5.10 Å². The van der Waals surface area contributed by atoms with Gasteiger partial charge in [-0.25, -0.2) is 9.78 Å². The van der Waals surface area contributed by atoms with Gasteiger partial charge in [-0.3, -0.25) is 14.4 Å². The maximum Gasteiger partial charge on any atom is 0.410 e. The molecule has 2 aromatic heterocycles. The van der Waals surface area contributed by atoms with Gasteiger partial charge in [0.05, 0.1) is 11.9 Å². The Morgan fingerprint density at radius 2 is 1.74 bits per heavy atom. The molecule has 1 aromatic carbocycles. The van der Waals surface area contributed by atoms with Crippen LogP contribution in [0.15, 0.2) is 36.7 Å². The summed E-state index contributed by atoms with van der Waals surface area (Å²) in [6, 6.07) is 8.29. The number of nitrogens with one attached hydrogen (secondary N) is 1. The number of carbonyl (C=O) groups is 2. The molecule has 0 radical (unpaired) electrons. The number of rotatable bonds is 5. The van der Waals surface area contributed by atoms with Crippen LogP contribution < -0.4 is 5.32 Å². The van der Waals surface area contributed by atoms with Gasteiger partial charge in [0.25, 0.3) is 0 Å². The molecule has 0 unspecified atom stereocenters. The van der Waals surface area contributed by atoms with E-state index in [1.165, 1.54) is 25.0 Å². The highest BCUT2D eigenvalue weighted by Gasteiger charge is 2.30. The Kier molecular flexibility index (Phi) is 7.88. The SMILES string of the molecule is Cn1ncc(-c2ccc3cnc(NC(=O)C4CCN(C(=O)OC(C)(C)C)CC4)cc3c2)c1CN1CCCCC1. The van der Waals surface area contributed by atoms with E-state index in [4.69, 9.17) is 4.74 Å². The lowest BCUT2D eigenvalue weighted by atomic mass is 9.96. The van der Waals surface area contributed by atoms with Gasteiger partial charge < -0.3 is 15.0 Å². The second-order valence-electron chi connectivity index (χ2n) is 11.8. The van der Waals surface area contributed by atoms with Gasteiger partial charge in [0.2, 0.25) is 5.91 Å². The lowest BCUT2D eigenvalue weighted by Gasteiger charge is -2.32. The monoisotopic (exact) mass is 532 g/mol. The fourth-order valence-electron chi connectivity index (χ4n) is 5.48. The molecule has 0 spiro atoms. The minimum absolute atomic E-state index is 0.0575. The topological polar surface area (TPSA) is 92.6 Å². The Morgan fingerprint density at radius 3 is 2.46 bits per heavy atom. The lowest BCUT2D eigenvalue weighted by Crippen LogP contribution is -2.43. The van der Waals surface area contributed by atoms with Crippen LogP contribution >= 0.6 is 0 Å². The lowest BCUT2D eigenvalue weighted by molar-refractivity contribution is -0.121. The Morgan fingerprint density at radius 1 is 1.00 bits per heavy atom. The van der Waals surface area contributed by atoms with Crippen molar-refractivity contribution in [3.05, 3.63) is 42.4 Å². The van der Waals surface area contributed by atoms with Gasteiger partial charge in [-0.05, 0) is 82.6 Å². The molecule has 208 valence electrons. The molecule has 4 heterocycles. The van der Waals surface area contributed by atoms with Crippen LogP contribution in [0.1, 0.15) is 58.6 Å². The summed E-state index contributed by atoms with van der Waals surface area (Å²) < 4.78 is 7.45. The molecule has 0 atom stereocenters. The van der Waals surface area contributed by atoms with Gasteiger partial charge in [0, 0.05) is 49.7 Å². The van der Waals surface area contributed by atoms with Crippen LogP contribution in [0.4, 0.5) is 10.6 Å². The van der Waals surface area contributed by atoms with Gasteiger partial charge in [0.1, 0.15) is 11.4 Å². The maximum absolute atomic E-state index is 13.0. The van der Waals surface area contributed by atoms with Crippen LogP contribution in [0.5, 0.6) is 0 Å². The summed E-state index contributed by atoms with van der Waals surface area (Å²) >= 11 is 0. The molecule has 2 saturated heterocycles. The quantitative estimate of drug-likeness (QED) is 0.485. The summed E-state index contributed by atoms with van der Waals surface area (Å²) in [4.78, 5) is 34.1. The number of benzene rings is 1. The fourth-order valence-corrected chi connectivity index (χ4v) is 5.48. The van der Waals surface area contributed by atoms with E-state index in [1.54, 1.807) is 11.1 Å². The van der Waals surface area contributed by atoms with E-state index in [2.05, 4.69) is 38.5 Å². The second-order valence-corrected chi connectivity index (χ2v) is 11.8. The Balaban J connectivity index is 1.26. The minimum atomic E-state index is -0.529. The van der Waals surface area contributed by atoms with Gasteiger partial charge in [0.15, 0.2) is 0 Å². The van der Waals surface area contributed by atoms with Crippen molar-refractivity contribution in [3.63, 3.8) is 0 Å². The number of amides is 2. The van der Waals surface area contributed by atoms with E-state index in [-0.39, 0.29) is 17.9 Å². The summed E-state index contributed by atoms with van der Waals surface area (Å²) in [6.45, 7) is 9.75. The van der Waals surface area contributed by atoms with Crippen molar-refractivity contribution in [3.8, 4) is 11.1 Å². The number of anilines is 1. The van der Waals surface area contributed by atoms with Crippen molar-refractivity contribution in [2.75, 3.05) is 31.5 Å².